The molecule has 1 aliphatic rings. The highest BCUT2D eigenvalue weighted by Crippen LogP contribution is 2.19. The molecule has 0 amide bonds. The van der Waals surface area contributed by atoms with Crippen LogP contribution in [0.2, 0.25) is 0 Å². The fourth-order valence-corrected chi connectivity index (χ4v) is 3.01. The minimum atomic E-state index is 0.190. The van der Waals surface area contributed by atoms with Crippen LogP contribution in [0.15, 0.2) is 30.3 Å². The van der Waals surface area contributed by atoms with Gasteiger partial charge in [0.1, 0.15) is 0 Å². The van der Waals surface area contributed by atoms with Gasteiger partial charge < -0.3 is 10.6 Å². The molecule has 1 aromatic rings. The minimum absolute atomic E-state index is 0.190. The lowest BCUT2D eigenvalue weighted by atomic mass is 9.97. The summed E-state index contributed by atoms with van der Waals surface area (Å²) in [7, 11) is 0. The first-order valence-electron chi connectivity index (χ1n) is 7.34. The number of benzene rings is 1. The fraction of sp³-hybridized carbons (Fsp3) is 0.562. The minimum Gasteiger partial charge on any atom is -0.393 e. The van der Waals surface area contributed by atoms with E-state index in [0.29, 0.717) is 4.99 Å². The summed E-state index contributed by atoms with van der Waals surface area (Å²) in [5, 5.41) is 0. The fourth-order valence-electron chi connectivity index (χ4n) is 2.80. The van der Waals surface area contributed by atoms with Crippen LogP contribution in [0, 0.1) is 0 Å². The van der Waals surface area contributed by atoms with Crippen molar-refractivity contribution in [1.82, 2.24) is 4.90 Å². The Morgan fingerprint density at radius 3 is 2.21 bits per heavy atom. The average molecular weight is 276 g/mol. The second-order valence-corrected chi connectivity index (χ2v) is 5.91. The van der Waals surface area contributed by atoms with E-state index in [1.165, 1.54) is 50.8 Å². The molecule has 1 aliphatic heterocycles. The van der Waals surface area contributed by atoms with Crippen LogP contribution in [0.3, 0.4) is 0 Å². The van der Waals surface area contributed by atoms with E-state index < -0.39 is 0 Å². The Bertz CT molecular complexity index is 383. The molecule has 0 saturated carbocycles. The molecule has 19 heavy (non-hydrogen) atoms. The van der Waals surface area contributed by atoms with Crippen LogP contribution < -0.4 is 5.73 Å². The number of nitrogens with zero attached hydrogens (tertiary/aromatic N) is 1. The lowest BCUT2D eigenvalue weighted by Crippen LogP contribution is -2.36. The number of hydrogen-bond donors (Lipinski definition) is 1. The summed E-state index contributed by atoms with van der Waals surface area (Å²) in [5.74, 6) is 0.190. The smallest absolute Gasteiger partial charge is 0.0816 e. The van der Waals surface area contributed by atoms with Gasteiger partial charge in [-0.25, -0.2) is 0 Å². The van der Waals surface area contributed by atoms with Crippen molar-refractivity contribution >= 4 is 17.2 Å². The van der Waals surface area contributed by atoms with Crippen LogP contribution >= 0.6 is 12.2 Å². The second kappa shape index (κ2) is 7.61. The van der Waals surface area contributed by atoms with Gasteiger partial charge in [-0.3, -0.25) is 0 Å². The van der Waals surface area contributed by atoms with E-state index >= 15 is 0 Å². The molecule has 3 heteroatoms. The lowest BCUT2D eigenvalue weighted by molar-refractivity contribution is 0.245. The third-order valence-electron chi connectivity index (χ3n) is 3.93. The number of hydrogen-bond acceptors (Lipinski definition) is 2. The van der Waals surface area contributed by atoms with E-state index in [-0.39, 0.29) is 5.92 Å². The maximum atomic E-state index is 5.96. The molecule has 2 rings (SSSR count). The molecular formula is C16H24N2S. The highest BCUT2D eigenvalue weighted by Gasteiger charge is 2.19. The molecule has 0 aliphatic carbocycles. The van der Waals surface area contributed by atoms with E-state index in [1.54, 1.807) is 0 Å². The molecule has 2 N–H and O–H groups in total. The Hall–Kier alpha value is -0.930. The standard InChI is InChI=1S/C16H24N2S/c17-16(19)15(14-9-5-4-6-10-14)13-18-11-7-2-1-3-8-12-18/h4-6,9-10,15H,1-3,7-8,11-13H2,(H2,17,19). The molecule has 0 bridgehead atoms. The zero-order chi connectivity index (χ0) is 13.5. The van der Waals surface area contributed by atoms with Crippen molar-refractivity contribution in [3.05, 3.63) is 35.9 Å². The molecule has 0 spiro atoms. The first kappa shape index (κ1) is 14.5. The summed E-state index contributed by atoms with van der Waals surface area (Å²) < 4.78 is 0. The molecular weight excluding hydrogens is 252 g/mol. The number of likely N-dealkylation sites (tertiary alicyclic amines) is 1. The predicted octanol–water partition coefficient (Wildman–Crippen LogP) is 3.32. The van der Waals surface area contributed by atoms with Crippen LogP contribution in [0.1, 0.15) is 43.6 Å². The summed E-state index contributed by atoms with van der Waals surface area (Å²) in [5.41, 5.74) is 7.21. The predicted molar refractivity (Wildman–Crippen MR) is 85.5 cm³/mol. The summed E-state index contributed by atoms with van der Waals surface area (Å²) >= 11 is 5.28. The Morgan fingerprint density at radius 1 is 1.05 bits per heavy atom. The van der Waals surface area contributed by atoms with Crippen molar-refractivity contribution in [2.75, 3.05) is 19.6 Å². The van der Waals surface area contributed by atoms with Gasteiger partial charge >= 0.3 is 0 Å². The highest BCUT2D eigenvalue weighted by molar-refractivity contribution is 7.80. The van der Waals surface area contributed by atoms with Crippen LogP contribution in [0.25, 0.3) is 0 Å². The first-order chi connectivity index (χ1) is 9.27. The molecule has 1 heterocycles. The number of rotatable bonds is 4. The van der Waals surface area contributed by atoms with E-state index in [1.807, 2.05) is 6.07 Å². The van der Waals surface area contributed by atoms with Crippen molar-refractivity contribution in [3.63, 3.8) is 0 Å². The van der Waals surface area contributed by atoms with Crippen molar-refractivity contribution in [2.45, 2.75) is 38.0 Å². The third-order valence-corrected chi connectivity index (χ3v) is 4.22. The van der Waals surface area contributed by atoms with Gasteiger partial charge in [0.25, 0.3) is 0 Å². The topological polar surface area (TPSA) is 29.3 Å². The van der Waals surface area contributed by atoms with Crippen molar-refractivity contribution < 1.29 is 0 Å². The zero-order valence-corrected chi connectivity index (χ0v) is 12.4. The van der Waals surface area contributed by atoms with Gasteiger partial charge in [0.05, 0.1) is 4.99 Å². The van der Waals surface area contributed by atoms with Gasteiger partial charge in [0.2, 0.25) is 0 Å². The Labute approximate surface area is 122 Å². The van der Waals surface area contributed by atoms with Gasteiger partial charge in [-0.1, -0.05) is 61.8 Å². The molecule has 1 fully saturated rings. The Morgan fingerprint density at radius 2 is 1.63 bits per heavy atom. The first-order valence-corrected chi connectivity index (χ1v) is 7.75. The van der Waals surface area contributed by atoms with Crippen molar-refractivity contribution in [1.29, 1.82) is 0 Å². The molecule has 1 aromatic carbocycles. The lowest BCUT2D eigenvalue weighted by Gasteiger charge is -2.28. The molecule has 1 atom stereocenters. The van der Waals surface area contributed by atoms with Crippen molar-refractivity contribution in [3.8, 4) is 0 Å². The SMILES string of the molecule is NC(=S)C(CN1CCCCCCC1)c1ccccc1. The van der Waals surface area contributed by atoms with Crippen LogP contribution in [0.4, 0.5) is 0 Å². The largest absolute Gasteiger partial charge is 0.393 e. The average Bonchev–Trinajstić information content (AvgIpc) is 2.38. The van der Waals surface area contributed by atoms with Gasteiger partial charge in [-0.15, -0.1) is 0 Å². The molecule has 1 saturated heterocycles. The van der Waals surface area contributed by atoms with E-state index in [9.17, 15) is 0 Å². The normalized spacial score (nSPS) is 19.4. The molecule has 1 unspecified atom stereocenters. The zero-order valence-electron chi connectivity index (χ0n) is 11.6. The van der Waals surface area contributed by atoms with Crippen LogP contribution in [0.5, 0.6) is 0 Å². The highest BCUT2D eigenvalue weighted by atomic mass is 32.1. The van der Waals surface area contributed by atoms with Gasteiger partial charge in [-0.05, 0) is 31.5 Å². The van der Waals surface area contributed by atoms with Gasteiger partial charge in [-0.2, -0.15) is 0 Å². The second-order valence-electron chi connectivity index (χ2n) is 5.43. The van der Waals surface area contributed by atoms with Crippen LogP contribution in [-0.4, -0.2) is 29.5 Å². The van der Waals surface area contributed by atoms with Crippen LogP contribution in [-0.2, 0) is 0 Å². The van der Waals surface area contributed by atoms with E-state index in [4.69, 9.17) is 18.0 Å². The van der Waals surface area contributed by atoms with E-state index in [2.05, 4.69) is 29.2 Å². The van der Waals surface area contributed by atoms with Gasteiger partial charge in [0, 0.05) is 12.5 Å². The number of thiocarbonyl (C=S) groups is 1. The molecule has 104 valence electrons. The summed E-state index contributed by atoms with van der Waals surface area (Å²) in [6.45, 7) is 3.34. The molecule has 2 nitrogen and oxygen atoms in total. The maximum absolute atomic E-state index is 5.96. The van der Waals surface area contributed by atoms with Gasteiger partial charge in [0.15, 0.2) is 0 Å². The number of nitrogens with two attached hydrogens (primary N) is 1. The molecule has 0 aromatic heterocycles. The maximum Gasteiger partial charge on any atom is 0.0816 e. The Kier molecular flexibility index (Phi) is 5.80. The van der Waals surface area contributed by atoms with Crippen molar-refractivity contribution in [2.24, 2.45) is 5.73 Å². The summed E-state index contributed by atoms with van der Waals surface area (Å²) in [6.07, 6.45) is 6.72. The molecule has 0 radical (unpaired) electrons. The quantitative estimate of drug-likeness (QED) is 0.855. The summed E-state index contributed by atoms with van der Waals surface area (Å²) in [4.78, 5) is 3.16. The third kappa shape index (κ3) is 4.59. The Balaban J connectivity index is 2.01. The monoisotopic (exact) mass is 276 g/mol. The van der Waals surface area contributed by atoms with E-state index in [0.717, 1.165) is 6.54 Å². The summed E-state index contributed by atoms with van der Waals surface area (Å²) in [6, 6.07) is 10.4.